The zero-order chi connectivity index (χ0) is 39.0. The summed E-state index contributed by atoms with van der Waals surface area (Å²) in [7, 11) is 3.22. The van der Waals surface area contributed by atoms with E-state index in [1.54, 1.807) is 63.4 Å². The molecule has 56 heavy (non-hydrogen) atoms. The fourth-order valence-electron chi connectivity index (χ4n) is 7.64. The van der Waals surface area contributed by atoms with Crippen LogP contribution in [0.1, 0.15) is 44.7 Å². The third-order valence-electron chi connectivity index (χ3n) is 10.5. The van der Waals surface area contributed by atoms with Crippen molar-refractivity contribution in [1.29, 1.82) is 0 Å². The molecule has 0 aliphatic carbocycles. The Morgan fingerprint density at radius 2 is 1.46 bits per heavy atom. The Hall–Kier alpha value is -6.35. The van der Waals surface area contributed by atoms with Gasteiger partial charge < -0.3 is 38.8 Å². The number of aliphatic hydroxyl groups is 1. The summed E-state index contributed by atoms with van der Waals surface area (Å²) in [5.41, 5.74) is -0.00524. The maximum absolute atomic E-state index is 13.8. The van der Waals surface area contributed by atoms with Crippen LogP contribution in [-0.2, 0) is 15.1 Å². The number of carbonyl (C=O) groups is 1. The zero-order valence-electron chi connectivity index (χ0n) is 31.2. The van der Waals surface area contributed by atoms with Gasteiger partial charge in [-0.05, 0) is 65.2 Å². The largest absolute Gasteiger partial charge is 0.497 e. The van der Waals surface area contributed by atoms with Crippen molar-refractivity contribution in [1.82, 2.24) is 19.7 Å². The fourth-order valence-corrected chi connectivity index (χ4v) is 7.64. The van der Waals surface area contributed by atoms with E-state index >= 15 is 0 Å². The normalized spacial score (nSPS) is 20.2. The summed E-state index contributed by atoms with van der Waals surface area (Å²) in [5.74, 6) is 1.60. The van der Waals surface area contributed by atoms with Crippen LogP contribution in [0.5, 0.6) is 11.5 Å². The van der Waals surface area contributed by atoms with Gasteiger partial charge >= 0.3 is 5.69 Å². The lowest BCUT2D eigenvalue weighted by atomic mass is 9.79. The molecule has 4 atom stereocenters. The highest BCUT2D eigenvalue weighted by Crippen LogP contribution is 2.50. The first-order valence-corrected chi connectivity index (χ1v) is 18.0. The molecule has 4 aromatic carbocycles. The highest BCUT2D eigenvalue weighted by molar-refractivity contribution is 6.04. The number of amides is 1. The lowest BCUT2D eigenvalue weighted by molar-refractivity contribution is -0.159. The van der Waals surface area contributed by atoms with Gasteiger partial charge in [-0.2, -0.15) is 9.97 Å². The number of aryl methyl sites for hydroxylation is 2. The fraction of sp³-hybridized carbons (Fsp3) is 0.262. The van der Waals surface area contributed by atoms with Crippen LogP contribution in [0.15, 0.2) is 125 Å². The third-order valence-corrected chi connectivity index (χ3v) is 10.5. The number of ether oxygens (including phenoxy) is 4. The van der Waals surface area contributed by atoms with Crippen molar-refractivity contribution in [3.8, 4) is 11.5 Å². The molecule has 2 saturated heterocycles. The molecule has 0 unspecified atom stereocenters. The minimum absolute atomic E-state index is 0.108. The molecular weight excluding hydrogens is 716 g/mol. The summed E-state index contributed by atoms with van der Waals surface area (Å²) in [6.45, 7) is 3.36. The average molecular weight is 757 g/mol. The summed E-state index contributed by atoms with van der Waals surface area (Å²) in [4.78, 5) is 37.3. The minimum Gasteiger partial charge on any atom is -0.497 e. The maximum atomic E-state index is 13.8. The van der Waals surface area contributed by atoms with E-state index in [1.807, 2.05) is 84.9 Å². The van der Waals surface area contributed by atoms with Crippen molar-refractivity contribution in [2.24, 2.45) is 0 Å². The molecule has 2 bridgehead atoms. The Bertz CT molecular complexity index is 2340. The first-order valence-electron chi connectivity index (χ1n) is 18.0. The molecule has 2 N–H and O–H groups in total. The lowest BCUT2D eigenvalue weighted by Crippen LogP contribution is -2.51. The number of fused-ring (bicyclic) bond motifs is 2. The smallest absolute Gasteiger partial charge is 0.351 e. The van der Waals surface area contributed by atoms with Crippen LogP contribution in [0, 0.1) is 13.8 Å². The SMILES string of the molecule is COc1ccc(C(OC[C@@]23CN(c4noc(C)n4)[C@@H]([C@H](n4cc(C)c(NC(=O)c5ccccc5)nc4=O)O2)[C@@H]3O)(c2ccccc2)c2ccc(OC)cc2)cc1. The number of anilines is 2. The Labute approximate surface area is 322 Å². The molecule has 1 amide bonds. The quantitative estimate of drug-likeness (QED) is 0.160. The van der Waals surface area contributed by atoms with E-state index in [4.69, 9.17) is 23.5 Å². The van der Waals surface area contributed by atoms with E-state index in [0.717, 1.165) is 16.7 Å². The van der Waals surface area contributed by atoms with Gasteiger partial charge in [0.15, 0.2) is 6.23 Å². The second-order valence-electron chi connectivity index (χ2n) is 13.8. The summed E-state index contributed by atoms with van der Waals surface area (Å²) in [6.07, 6.45) is -0.700. The molecule has 6 aromatic rings. The van der Waals surface area contributed by atoms with Gasteiger partial charge in [0.2, 0.25) is 5.89 Å². The van der Waals surface area contributed by atoms with E-state index in [-0.39, 0.29) is 24.9 Å². The lowest BCUT2D eigenvalue weighted by Gasteiger charge is -2.41. The Balaban J connectivity index is 1.20. The molecule has 8 rings (SSSR count). The van der Waals surface area contributed by atoms with Gasteiger partial charge in [0.25, 0.3) is 11.9 Å². The van der Waals surface area contributed by atoms with Crippen LogP contribution >= 0.6 is 0 Å². The number of benzene rings is 4. The zero-order valence-corrected chi connectivity index (χ0v) is 31.2. The van der Waals surface area contributed by atoms with Crippen LogP contribution in [0.3, 0.4) is 0 Å². The van der Waals surface area contributed by atoms with Gasteiger partial charge in [-0.25, -0.2) is 4.79 Å². The van der Waals surface area contributed by atoms with Gasteiger partial charge in [0.05, 0.1) is 27.4 Å². The monoisotopic (exact) mass is 756 g/mol. The third kappa shape index (κ3) is 6.36. The maximum Gasteiger partial charge on any atom is 0.351 e. The standard InChI is InChI=1S/C42H40N6O8/c1-26-23-47(40(51)45-36(26)44-37(50)28-11-7-5-8-12-28)38-34-35(49)41(55-38,24-48(34)39-43-27(2)56-46-39)25-54-42(29-13-9-6-10-14-29,30-15-19-32(52-3)20-16-30)31-17-21-33(53-4)22-18-31/h5-23,34-35,38,49H,24-25H2,1-4H3,(H,44,45,50,51)/t34-,35+,38-,41-/m1/s1. The van der Waals surface area contributed by atoms with Crippen molar-refractivity contribution < 1.29 is 33.4 Å². The van der Waals surface area contributed by atoms with E-state index in [0.29, 0.717) is 28.5 Å². The molecule has 14 heteroatoms. The molecule has 0 saturated carbocycles. The Morgan fingerprint density at radius 1 is 0.875 bits per heavy atom. The molecule has 2 aromatic heterocycles. The summed E-state index contributed by atoms with van der Waals surface area (Å²) < 4.78 is 31.7. The molecule has 0 radical (unpaired) electrons. The van der Waals surface area contributed by atoms with Crippen LogP contribution in [0.2, 0.25) is 0 Å². The number of morpholine rings is 1. The summed E-state index contributed by atoms with van der Waals surface area (Å²) >= 11 is 0. The van der Waals surface area contributed by atoms with E-state index in [2.05, 4.69) is 20.4 Å². The number of aromatic nitrogens is 4. The Morgan fingerprint density at radius 3 is 2.04 bits per heavy atom. The minimum atomic E-state index is -1.41. The number of carbonyl (C=O) groups excluding carboxylic acids is 1. The number of hydrogen-bond acceptors (Lipinski definition) is 12. The van der Waals surface area contributed by atoms with Gasteiger partial charge in [-0.15, -0.1) is 0 Å². The van der Waals surface area contributed by atoms with Gasteiger partial charge in [0, 0.05) is 24.2 Å². The second kappa shape index (κ2) is 14.7. The number of rotatable bonds is 12. The molecule has 0 spiro atoms. The average Bonchev–Trinajstić information content (AvgIpc) is 3.88. The van der Waals surface area contributed by atoms with Crippen molar-refractivity contribution in [3.05, 3.63) is 160 Å². The molecular formula is C42H40N6O8. The molecule has 286 valence electrons. The summed E-state index contributed by atoms with van der Waals surface area (Å²) in [5, 5.41) is 19.2. The van der Waals surface area contributed by atoms with E-state index in [1.165, 1.54) is 4.57 Å². The van der Waals surface area contributed by atoms with Crippen molar-refractivity contribution in [2.45, 2.75) is 43.4 Å². The highest BCUT2D eigenvalue weighted by atomic mass is 16.6. The number of hydrogen-bond donors (Lipinski definition) is 2. The number of aliphatic hydroxyl groups excluding tert-OH is 1. The molecule has 14 nitrogen and oxygen atoms in total. The second-order valence-corrected chi connectivity index (χ2v) is 13.8. The van der Waals surface area contributed by atoms with Crippen molar-refractivity contribution in [2.75, 3.05) is 37.6 Å². The molecule has 2 fully saturated rings. The number of nitrogens with zero attached hydrogens (tertiary/aromatic N) is 5. The topological polar surface area (TPSA) is 163 Å². The molecule has 2 aliphatic heterocycles. The predicted octanol–water partition coefficient (Wildman–Crippen LogP) is 5.04. The highest BCUT2D eigenvalue weighted by Gasteiger charge is 2.66. The van der Waals surface area contributed by atoms with Crippen molar-refractivity contribution >= 4 is 17.7 Å². The Kier molecular flexibility index (Phi) is 9.62. The van der Waals surface area contributed by atoms with Crippen LogP contribution in [0.4, 0.5) is 11.8 Å². The van der Waals surface area contributed by atoms with Gasteiger partial charge in [-0.3, -0.25) is 9.36 Å². The van der Waals surface area contributed by atoms with Crippen molar-refractivity contribution in [3.63, 3.8) is 0 Å². The molecule has 2 aliphatic rings. The predicted molar refractivity (Wildman–Crippen MR) is 205 cm³/mol. The molecule has 4 heterocycles. The summed E-state index contributed by atoms with van der Waals surface area (Å²) in [6, 6.07) is 32.8. The van der Waals surface area contributed by atoms with Gasteiger partial charge in [-0.1, -0.05) is 72.8 Å². The van der Waals surface area contributed by atoms with Crippen LogP contribution in [-0.4, -0.2) is 75.8 Å². The van der Waals surface area contributed by atoms with Crippen LogP contribution < -0.4 is 25.4 Å². The van der Waals surface area contributed by atoms with E-state index in [9.17, 15) is 14.7 Å². The number of methoxy groups -OCH3 is 2. The first kappa shape index (κ1) is 36.6. The van der Waals surface area contributed by atoms with Gasteiger partial charge in [0.1, 0.15) is 40.7 Å². The number of nitrogens with one attached hydrogen (secondary N) is 1. The van der Waals surface area contributed by atoms with Crippen LogP contribution in [0.25, 0.3) is 0 Å². The van der Waals surface area contributed by atoms with E-state index < -0.39 is 41.2 Å². The first-order chi connectivity index (χ1) is 27.2.